The number of benzene rings is 2. The van der Waals surface area contributed by atoms with Crippen molar-refractivity contribution in [3.05, 3.63) is 53.8 Å². The molecule has 0 heterocycles. The zero-order chi connectivity index (χ0) is 13.8. The number of halogens is 1. The summed E-state index contributed by atoms with van der Waals surface area (Å²) in [6.45, 7) is 0. The highest BCUT2D eigenvalue weighted by atomic mass is 19.1. The first kappa shape index (κ1) is 12.9. The number of rotatable bonds is 4. The first-order valence-electron chi connectivity index (χ1n) is 5.54. The minimum absolute atomic E-state index is 0.124. The highest BCUT2D eigenvalue weighted by Gasteiger charge is 2.10. The lowest BCUT2D eigenvalue weighted by molar-refractivity contribution is 0.0698. The molecule has 0 atom stereocenters. The molecule has 2 aromatic carbocycles. The van der Waals surface area contributed by atoms with Gasteiger partial charge in [0.2, 0.25) is 0 Å². The van der Waals surface area contributed by atoms with E-state index in [1.807, 2.05) is 0 Å². The topological polar surface area (TPSA) is 58.6 Å². The van der Waals surface area contributed by atoms with E-state index in [0.29, 0.717) is 11.4 Å². The predicted molar refractivity (Wildman–Crippen MR) is 69.6 cm³/mol. The van der Waals surface area contributed by atoms with Gasteiger partial charge in [-0.1, -0.05) is 12.1 Å². The van der Waals surface area contributed by atoms with Crippen LogP contribution in [0.5, 0.6) is 5.75 Å². The van der Waals surface area contributed by atoms with Crippen LogP contribution in [-0.4, -0.2) is 18.2 Å². The number of methoxy groups -OCH3 is 1. The molecule has 4 nitrogen and oxygen atoms in total. The molecule has 0 spiro atoms. The van der Waals surface area contributed by atoms with Gasteiger partial charge in [0.25, 0.3) is 0 Å². The maximum Gasteiger partial charge on any atom is 0.337 e. The van der Waals surface area contributed by atoms with Crippen molar-refractivity contribution in [3.8, 4) is 5.75 Å². The lowest BCUT2D eigenvalue weighted by atomic mass is 10.1. The molecule has 0 aliphatic heterocycles. The molecule has 0 saturated carbocycles. The monoisotopic (exact) mass is 261 g/mol. The molecule has 0 bridgehead atoms. The Kier molecular flexibility index (Phi) is 3.66. The van der Waals surface area contributed by atoms with E-state index < -0.39 is 11.8 Å². The van der Waals surface area contributed by atoms with Crippen LogP contribution in [0.15, 0.2) is 42.5 Å². The molecule has 98 valence electrons. The van der Waals surface area contributed by atoms with E-state index in [1.54, 1.807) is 24.3 Å². The standard InChI is InChI=1S/C14H12FNO3/c1-19-13-7-6-9(8-11(13)15)16-12-5-3-2-4-10(12)14(17)18/h2-8,16H,1H3,(H,17,18). The van der Waals surface area contributed by atoms with Gasteiger partial charge in [-0.15, -0.1) is 0 Å². The van der Waals surface area contributed by atoms with Gasteiger partial charge in [0.1, 0.15) is 0 Å². The minimum atomic E-state index is -1.04. The normalized spacial score (nSPS) is 10.0. The number of anilines is 2. The third-order valence-electron chi connectivity index (χ3n) is 2.59. The lowest BCUT2D eigenvalue weighted by Crippen LogP contribution is -2.02. The fourth-order valence-electron chi connectivity index (χ4n) is 1.68. The second-order valence-corrected chi connectivity index (χ2v) is 3.83. The first-order chi connectivity index (χ1) is 9.11. The number of carboxylic acid groups (broad SMARTS) is 1. The maximum atomic E-state index is 13.5. The molecular weight excluding hydrogens is 249 g/mol. The highest BCUT2D eigenvalue weighted by molar-refractivity contribution is 5.95. The van der Waals surface area contributed by atoms with Crippen LogP contribution in [0.1, 0.15) is 10.4 Å². The zero-order valence-electron chi connectivity index (χ0n) is 10.2. The molecule has 0 aliphatic rings. The molecular formula is C14H12FNO3. The summed E-state index contributed by atoms with van der Waals surface area (Å²) in [5.41, 5.74) is 0.977. The summed E-state index contributed by atoms with van der Waals surface area (Å²) in [6.07, 6.45) is 0. The second kappa shape index (κ2) is 5.39. The summed E-state index contributed by atoms with van der Waals surface area (Å²) in [4.78, 5) is 11.0. The van der Waals surface area contributed by atoms with Crippen molar-refractivity contribution in [2.75, 3.05) is 12.4 Å². The van der Waals surface area contributed by atoms with Crippen molar-refractivity contribution in [1.82, 2.24) is 0 Å². The number of ether oxygens (including phenoxy) is 1. The Balaban J connectivity index is 2.31. The van der Waals surface area contributed by atoms with Gasteiger partial charge >= 0.3 is 5.97 Å². The Morgan fingerprint density at radius 2 is 2.00 bits per heavy atom. The van der Waals surface area contributed by atoms with E-state index >= 15 is 0 Å². The Hall–Kier alpha value is -2.56. The maximum absolute atomic E-state index is 13.5. The minimum Gasteiger partial charge on any atom is -0.494 e. The Morgan fingerprint density at radius 3 is 2.63 bits per heavy atom. The number of hydrogen-bond donors (Lipinski definition) is 2. The van der Waals surface area contributed by atoms with Crippen LogP contribution in [0.4, 0.5) is 15.8 Å². The van der Waals surface area contributed by atoms with Crippen molar-refractivity contribution in [3.63, 3.8) is 0 Å². The van der Waals surface area contributed by atoms with Gasteiger partial charge in [-0.3, -0.25) is 0 Å². The van der Waals surface area contributed by atoms with E-state index in [-0.39, 0.29) is 11.3 Å². The highest BCUT2D eigenvalue weighted by Crippen LogP contribution is 2.25. The Bertz CT molecular complexity index is 613. The van der Waals surface area contributed by atoms with Gasteiger partial charge in [0.15, 0.2) is 11.6 Å². The molecule has 19 heavy (non-hydrogen) atoms. The average Bonchev–Trinajstić information content (AvgIpc) is 2.39. The smallest absolute Gasteiger partial charge is 0.337 e. The third-order valence-corrected chi connectivity index (χ3v) is 2.59. The molecule has 0 fully saturated rings. The number of carboxylic acids is 1. The summed E-state index contributed by atoms with van der Waals surface area (Å²) < 4.78 is 18.3. The number of aromatic carboxylic acids is 1. The SMILES string of the molecule is COc1ccc(Nc2ccccc2C(=O)O)cc1F. The van der Waals surface area contributed by atoms with Crippen molar-refractivity contribution in [1.29, 1.82) is 0 Å². The molecule has 0 radical (unpaired) electrons. The molecule has 2 aromatic rings. The fraction of sp³-hybridized carbons (Fsp3) is 0.0714. The van der Waals surface area contributed by atoms with Crippen LogP contribution >= 0.6 is 0 Å². The quantitative estimate of drug-likeness (QED) is 0.886. The van der Waals surface area contributed by atoms with Crippen LogP contribution < -0.4 is 10.1 Å². The summed E-state index contributed by atoms with van der Waals surface area (Å²) in [6, 6.07) is 10.8. The molecule has 5 heteroatoms. The van der Waals surface area contributed by atoms with E-state index in [2.05, 4.69) is 5.32 Å². The third kappa shape index (κ3) is 2.82. The Morgan fingerprint density at radius 1 is 1.26 bits per heavy atom. The van der Waals surface area contributed by atoms with Crippen molar-refractivity contribution in [2.24, 2.45) is 0 Å². The fourth-order valence-corrected chi connectivity index (χ4v) is 1.68. The molecule has 2 rings (SSSR count). The van der Waals surface area contributed by atoms with Crippen LogP contribution in [0.3, 0.4) is 0 Å². The van der Waals surface area contributed by atoms with Crippen molar-refractivity contribution >= 4 is 17.3 Å². The van der Waals surface area contributed by atoms with Gasteiger partial charge in [-0.05, 0) is 24.3 Å². The van der Waals surface area contributed by atoms with Gasteiger partial charge in [-0.25, -0.2) is 9.18 Å². The van der Waals surface area contributed by atoms with Gasteiger partial charge in [-0.2, -0.15) is 0 Å². The summed E-state index contributed by atoms with van der Waals surface area (Å²) in [5.74, 6) is -1.42. The second-order valence-electron chi connectivity index (χ2n) is 3.83. The summed E-state index contributed by atoms with van der Waals surface area (Å²) in [7, 11) is 1.38. The lowest BCUT2D eigenvalue weighted by Gasteiger charge is -2.10. The Labute approximate surface area is 109 Å². The molecule has 0 unspecified atom stereocenters. The largest absolute Gasteiger partial charge is 0.494 e. The summed E-state index contributed by atoms with van der Waals surface area (Å²) in [5, 5.41) is 11.9. The van der Waals surface area contributed by atoms with Crippen molar-refractivity contribution < 1.29 is 19.0 Å². The molecule has 0 aliphatic carbocycles. The number of carbonyl (C=O) groups is 1. The van der Waals surface area contributed by atoms with Crippen molar-refractivity contribution in [2.45, 2.75) is 0 Å². The van der Waals surface area contributed by atoms with Gasteiger partial charge < -0.3 is 15.2 Å². The number of hydrogen-bond acceptors (Lipinski definition) is 3. The summed E-state index contributed by atoms with van der Waals surface area (Å²) >= 11 is 0. The first-order valence-corrected chi connectivity index (χ1v) is 5.54. The molecule has 0 saturated heterocycles. The number of para-hydroxylation sites is 1. The van der Waals surface area contributed by atoms with E-state index in [1.165, 1.54) is 25.3 Å². The van der Waals surface area contributed by atoms with E-state index in [4.69, 9.17) is 9.84 Å². The average molecular weight is 261 g/mol. The van der Waals surface area contributed by atoms with Crippen LogP contribution in [0.2, 0.25) is 0 Å². The zero-order valence-corrected chi connectivity index (χ0v) is 10.2. The van der Waals surface area contributed by atoms with Crippen LogP contribution in [-0.2, 0) is 0 Å². The van der Waals surface area contributed by atoms with Gasteiger partial charge in [0, 0.05) is 11.8 Å². The molecule has 2 N–H and O–H groups in total. The predicted octanol–water partition coefficient (Wildman–Crippen LogP) is 3.28. The molecule has 0 aromatic heterocycles. The van der Waals surface area contributed by atoms with Crippen LogP contribution in [0.25, 0.3) is 0 Å². The van der Waals surface area contributed by atoms with Gasteiger partial charge in [0.05, 0.1) is 18.4 Å². The van der Waals surface area contributed by atoms with Crippen LogP contribution in [0, 0.1) is 5.82 Å². The van der Waals surface area contributed by atoms with E-state index in [9.17, 15) is 9.18 Å². The molecule has 0 amide bonds. The number of nitrogens with one attached hydrogen (secondary N) is 1. The van der Waals surface area contributed by atoms with E-state index in [0.717, 1.165) is 0 Å².